The van der Waals surface area contributed by atoms with Gasteiger partial charge in [-0.3, -0.25) is 9.59 Å². The first-order valence-electron chi connectivity index (χ1n) is 5.71. The maximum Gasteiger partial charge on any atom is 0.264 e. The highest BCUT2D eigenvalue weighted by atomic mass is 16.2. The van der Waals surface area contributed by atoms with E-state index in [-0.39, 0.29) is 17.9 Å². The van der Waals surface area contributed by atoms with Gasteiger partial charge in [-0.2, -0.15) is 0 Å². The van der Waals surface area contributed by atoms with Crippen LogP contribution in [-0.4, -0.2) is 23.9 Å². The minimum Gasteiger partial charge on any atom is -0.344 e. The van der Waals surface area contributed by atoms with E-state index in [2.05, 4.69) is 10.6 Å². The molecule has 1 N–H and O–H groups in total. The second-order valence-electron chi connectivity index (χ2n) is 4.30. The van der Waals surface area contributed by atoms with E-state index in [9.17, 15) is 9.59 Å². The van der Waals surface area contributed by atoms with Gasteiger partial charge in [-0.1, -0.05) is 30.3 Å². The average Bonchev–Trinajstić information content (AvgIpc) is 2.59. The van der Waals surface area contributed by atoms with Crippen molar-refractivity contribution < 1.29 is 9.59 Å². The van der Waals surface area contributed by atoms with Crippen molar-refractivity contribution in [3.63, 3.8) is 0 Å². The van der Waals surface area contributed by atoms with E-state index in [0.717, 1.165) is 12.0 Å². The molecule has 2 unspecified atom stereocenters. The van der Waals surface area contributed by atoms with E-state index >= 15 is 0 Å². The Balaban J connectivity index is 1.93. The Labute approximate surface area is 100 Å². The van der Waals surface area contributed by atoms with Crippen LogP contribution in [0.2, 0.25) is 0 Å². The molecule has 1 heterocycles. The average molecular weight is 231 g/mol. The summed E-state index contributed by atoms with van der Waals surface area (Å²) in [6.07, 6.45) is 1.36. The molecule has 0 saturated carbocycles. The second kappa shape index (κ2) is 4.99. The van der Waals surface area contributed by atoms with E-state index in [0.29, 0.717) is 6.42 Å². The lowest BCUT2D eigenvalue weighted by atomic mass is 10.0. The molecule has 1 aliphatic rings. The summed E-state index contributed by atoms with van der Waals surface area (Å²) in [5.41, 5.74) is 1.16. The van der Waals surface area contributed by atoms with Crippen molar-refractivity contribution in [3.05, 3.63) is 35.9 Å². The monoisotopic (exact) mass is 231 g/mol. The number of hydrogen-bond acceptors (Lipinski definition) is 2. The Kier molecular flexibility index (Phi) is 3.42. The normalized spacial score (nSPS) is 23.2. The first-order valence-corrected chi connectivity index (χ1v) is 5.71. The SMILES string of the molecule is CC(=O)NC1CC(Cc2ccccc2)[N]C1=O. The van der Waals surface area contributed by atoms with Crippen LogP contribution in [0.4, 0.5) is 0 Å². The Bertz CT molecular complexity index is 417. The standard InChI is InChI=1S/C13H15N2O2/c1-9(16)14-12-8-11(15-13(12)17)7-10-5-3-2-4-6-10/h2-6,11-12H,7-8H2,1H3,(H,14,16). The zero-order valence-electron chi connectivity index (χ0n) is 9.72. The summed E-state index contributed by atoms with van der Waals surface area (Å²) in [7, 11) is 0. The molecule has 1 aromatic rings. The second-order valence-corrected chi connectivity index (χ2v) is 4.30. The number of carbonyl (C=O) groups is 2. The minimum absolute atomic E-state index is 0.0123. The molecule has 0 aromatic heterocycles. The Hall–Kier alpha value is -1.84. The molecule has 17 heavy (non-hydrogen) atoms. The van der Waals surface area contributed by atoms with E-state index in [1.165, 1.54) is 6.92 Å². The summed E-state index contributed by atoms with van der Waals surface area (Å²) >= 11 is 0. The molecule has 4 heteroatoms. The fourth-order valence-corrected chi connectivity index (χ4v) is 2.08. The molecule has 1 fully saturated rings. The molecular formula is C13H15N2O2. The van der Waals surface area contributed by atoms with Gasteiger partial charge in [0.05, 0.1) is 6.04 Å². The van der Waals surface area contributed by atoms with E-state index in [1.54, 1.807) is 0 Å². The fraction of sp³-hybridized carbons (Fsp3) is 0.385. The zero-order valence-corrected chi connectivity index (χ0v) is 9.72. The molecule has 2 rings (SSSR count). The van der Waals surface area contributed by atoms with Crippen LogP contribution in [0.1, 0.15) is 18.9 Å². The molecular weight excluding hydrogens is 216 g/mol. The van der Waals surface area contributed by atoms with E-state index in [1.807, 2.05) is 30.3 Å². The maximum atomic E-state index is 11.5. The van der Waals surface area contributed by atoms with Gasteiger partial charge in [0.2, 0.25) is 5.91 Å². The minimum atomic E-state index is -0.429. The highest BCUT2D eigenvalue weighted by molar-refractivity contribution is 5.88. The summed E-state index contributed by atoms with van der Waals surface area (Å²) in [5.74, 6) is -0.389. The zero-order chi connectivity index (χ0) is 12.3. The number of rotatable bonds is 3. The van der Waals surface area contributed by atoms with Crippen molar-refractivity contribution in [3.8, 4) is 0 Å². The Morgan fingerprint density at radius 3 is 2.76 bits per heavy atom. The quantitative estimate of drug-likeness (QED) is 0.829. The molecule has 0 spiro atoms. The third-order valence-corrected chi connectivity index (χ3v) is 2.81. The molecule has 89 valence electrons. The van der Waals surface area contributed by atoms with Crippen LogP contribution in [0.15, 0.2) is 30.3 Å². The number of nitrogens with zero attached hydrogens (tertiary/aromatic N) is 1. The van der Waals surface area contributed by atoms with Gasteiger partial charge in [-0.05, 0) is 18.4 Å². The van der Waals surface area contributed by atoms with Gasteiger partial charge in [0, 0.05) is 6.92 Å². The lowest BCUT2D eigenvalue weighted by Gasteiger charge is -2.08. The van der Waals surface area contributed by atoms with Crippen LogP contribution in [-0.2, 0) is 16.0 Å². The molecule has 4 nitrogen and oxygen atoms in total. The molecule has 1 aromatic carbocycles. The lowest BCUT2D eigenvalue weighted by molar-refractivity contribution is -0.126. The van der Waals surface area contributed by atoms with Crippen molar-refractivity contribution in [2.24, 2.45) is 0 Å². The molecule has 0 bridgehead atoms. The third-order valence-electron chi connectivity index (χ3n) is 2.81. The first kappa shape index (κ1) is 11.6. The van der Waals surface area contributed by atoms with Gasteiger partial charge >= 0.3 is 0 Å². The predicted molar refractivity (Wildman–Crippen MR) is 63.3 cm³/mol. The summed E-state index contributed by atoms with van der Waals surface area (Å²) in [6, 6.07) is 9.50. The van der Waals surface area contributed by atoms with Gasteiger partial charge in [0.15, 0.2) is 0 Å². The number of benzene rings is 1. The van der Waals surface area contributed by atoms with Gasteiger partial charge in [-0.25, -0.2) is 5.32 Å². The smallest absolute Gasteiger partial charge is 0.264 e. The van der Waals surface area contributed by atoms with E-state index in [4.69, 9.17) is 0 Å². The van der Waals surface area contributed by atoms with Crippen LogP contribution in [0.3, 0.4) is 0 Å². The molecule has 0 aliphatic carbocycles. The van der Waals surface area contributed by atoms with Gasteiger partial charge < -0.3 is 5.32 Å². The summed E-state index contributed by atoms with van der Waals surface area (Å²) in [6.45, 7) is 1.41. The summed E-state index contributed by atoms with van der Waals surface area (Å²) in [4.78, 5) is 22.4. The van der Waals surface area contributed by atoms with Crippen molar-refractivity contribution in [2.75, 3.05) is 0 Å². The molecule has 2 amide bonds. The Morgan fingerprint density at radius 2 is 2.12 bits per heavy atom. The number of nitrogens with one attached hydrogen (secondary N) is 1. The highest BCUT2D eigenvalue weighted by Gasteiger charge is 2.34. The van der Waals surface area contributed by atoms with Crippen LogP contribution < -0.4 is 10.6 Å². The molecule has 1 saturated heterocycles. The summed E-state index contributed by atoms with van der Waals surface area (Å²) in [5, 5.41) is 6.69. The number of amides is 2. The van der Waals surface area contributed by atoms with Crippen molar-refractivity contribution >= 4 is 11.8 Å². The Morgan fingerprint density at radius 1 is 1.41 bits per heavy atom. The number of carbonyl (C=O) groups excluding carboxylic acids is 2. The summed E-state index contributed by atoms with van der Waals surface area (Å²) < 4.78 is 0. The lowest BCUT2D eigenvalue weighted by Crippen LogP contribution is -2.37. The van der Waals surface area contributed by atoms with Crippen LogP contribution >= 0.6 is 0 Å². The van der Waals surface area contributed by atoms with Crippen LogP contribution in [0.5, 0.6) is 0 Å². The molecule has 1 aliphatic heterocycles. The molecule has 1 radical (unpaired) electrons. The maximum absolute atomic E-state index is 11.5. The van der Waals surface area contributed by atoms with Crippen molar-refractivity contribution in [1.82, 2.24) is 10.6 Å². The van der Waals surface area contributed by atoms with Crippen molar-refractivity contribution in [2.45, 2.75) is 31.8 Å². The fourth-order valence-electron chi connectivity index (χ4n) is 2.08. The van der Waals surface area contributed by atoms with Gasteiger partial charge in [0.25, 0.3) is 5.91 Å². The van der Waals surface area contributed by atoms with Gasteiger partial charge in [-0.15, -0.1) is 0 Å². The molecule has 2 atom stereocenters. The van der Waals surface area contributed by atoms with Crippen LogP contribution in [0.25, 0.3) is 0 Å². The van der Waals surface area contributed by atoms with E-state index < -0.39 is 6.04 Å². The highest BCUT2D eigenvalue weighted by Crippen LogP contribution is 2.15. The largest absolute Gasteiger partial charge is 0.344 e. The van der Waals surface area contributed by atoms with Crippen molar-refractivity contribution in [1.29, 1.82) is 0 Å². The number of hydrogen-bond donors (Lipinski definition) is 1. The topological polar surface area (TPSA) is 60.3 Å². The van der Waals surface area contributed by atoms with Gasteiger partial charge in [0.1, 0.15) is 6.04 Å². The predicted octanol–water partition coefficient (Wildman–Crippen LogP) is 0.637. The third kappa shape index (κ3) is 3.06. The first-order chi connectivity index (χ1) is 8.15. The van der Waals surface area contributed by atoms with Crippen LogP contribution in [0, 0.1) is 0 Å².